The van der Waals surface area contributed by atoms with Crippen LogP contribution in [-0.2, 0) is 4.74 Å². The number of ether oxygens (including phenoxy) is 1. The molecule has 2 N–H and O–H groups in total. The molecule has 1 aliphatic rings. The zero-order chi connectivity index (χ0) is 6.15. The van der Waals surface area contributed by atoms with Gasteiger partial charge in [-0.05, 0) is 6.92 Å². The first-order valence-electron chi connectivity index (χ1n) is 2.46. The molecule has 1 aliphatic heterocycles. The summed E-state index contributed by atoms with van der Waals surface area (Å²) >= 11 is 0. The van der Waals surface area contributed by atoms with Gasteiger partial charge in [-0.2, -0.15) is 5.11 Å². The number of rotatable bonds is 2. The topological polar surface area (TPSA) is 69.0 Å². The number of hydrogen-bond acceptors (Lipinski definition) is 4. The van der Waals surface area contributed by atoms with Crippen LogP contribution in [0.2, 0.25) is 0 Å². The van der Waals surface area contributed by atoms with Crippen LogP contribution in [0.1, 0.15) is 6.92 Å². The molecule has 1 saturated heterocycles. The highest BCUT2D eigenvalue weighted by molar-refractivity contribution is 4.84. The summed E-state index contributed by atoms with van der Waals surface area (Å²) < 4.78 is 4.81. The van der Waals surface area contributed by atoms with Gasteiger partial charge in [0.2, 0.25) is 0 Å². The van der Waals surface area contributed by atoms with Crippen LogP contribution in [0, 0.1) is 5.53 Å². The van der Waals surface area contributed by atoms with Gasteiger partial charge in [-0.25, -0.2) is 5.53 Å². The smallest absolute Gasteiger partial charge is 0.194 e. The summed E-state index contributed by atoms with van der Waals surface area (Å²) in [6.07, 6.45) is -1.07. The lowest BCUT2D eigenvalue weighted by atomic mass is 10.3. The number of hydrogen-bond donors (Lipinski definition) is 2. The van der Waals surface area contributed by atoms with Crippen LogP contribution in [0.15, 0.2) is 5.11 Å². The Bertz CT molecular complexity index is 106. The van der Waals surface area contributed by atoms with Crippen molar-refractivity contribution >= 4 is 0 Å². The van der Waals surface area contributed by atoms with Gasteiger partial charge < -0.3 is 9.84 Å². The van der Waals surface area contributed by atoms with E-state index in [2.05, 4.69) is 5.11 Å². The molecule has 0 aromatic rings. The van der Waals surface area contributed by atoms with Crippen molar-refractivity contribution in [3.63, 3.8) is 0 Å². The van der Waals surface area contributed by atoms with E-state index < -0.39 is 6.23 Å². The first-order chi connectivity index (χ1) is 3.75. The lowest BCUT2D eigenvalue weighted by molar-refractivity contribution is 0.134. The Morgan fingerprint density at radius 1 is 1.88 bits per heavy atom. The minimum atomic E-state index is -0.940. The van der Waals surface area contributed by atoms with E-state index in [1.807, 2.05) is 6.92 Å². The second-order valence-corrected chi connectivity index (χ2v) is 1.85. The standard InChI is InChI=1S/C4H8N2O2/c1-2-3(8-2)4(7)6-5/h2-5,7H,1H3/t2?,3?,4-/m0/s1. The van der Waals surface area contributed by atoms with E-state index in [1.165, 1.54) is 0 Å². The SMILES string of the molecule is CC1OC1[C@H](O)N=N. The van der Waals surface area contributed by atoms with Crippen LogP contribution in [0.3, 0.4) is 0 Å². The summed E-state index contributed by atoms with van der Waals surface area (Å²) in [7, 11) is 0. The molecule has 3 atom stereocenters. The van der Waals surface area contributed by atoms with E-state index in [0.717, 1.165) is 0 Å². The van der Waals surface area contributed by atoms with Gasteiger partial charge in [0.25, 0.3) is 0 Å². The molecule has 0 amide bonds. The maximum absolute atomic E-state index is 8.69. The molecule has 46 valence electrons. The number of aliphatic hydroxyl groups excluding tert-OH is 1. The maximum Gasteiger partial charge on any atom is 0.194 e. The van der Waals surface area contributed by atoms with Crippen molar-refractivity contribution in [1.29, 1.82) is 5.53 Å². The first kappa shape index (κ1) is 5.65. The summed E-state index contributed by atoms with van der Waals surface area (Å²) in [5.41, 5.74) is 6.36. The number of aliphatic hydroxyl groups is 1. The predicted octanol–water partition coefficient (Wildman–Crippen LogP) is 0.123. The van der Waals surface area contributed by atoms with E-state index in [9.17, 15) is 0 Å². The molecule has 1 rings (SSSR count). The van der Waals surface area contributed by atoms with Gasteiger partial charge in [0.1, 0.15) is 6.10 Å². The van der Waals surface area contributed by atoms with Gasteiger partial charge in [0.05, 0.1) is 6.10 Å². The second kappa shape index (κ2) is 1.80. The third-order valence-electron chi connectivity index (χ3n) is 1.18. The summed E-state index contributed by atoms with van der Waals surface area (Å²) in [6.45, 7) is 1.83. The molecule has 8 heavy (non-hydrogen) atoms. The summed E-state index contributed by atoms with van der Waals surface area (Å²) in [5.74, 6) is 0. The Kier molecular flexibility index (Phi) is 1.27. The van der Waals surface area contributed by atoms with Crippen LogP contribution in [0.4, 0.5) is 0 Å². The summed E-state index contributed by atoms with van der Waals surface area (Å²) in [4.78, 5) is 0. The van der Waals surface area contributed by atoms with E-state index in [1.54, 1.807) is 0 Å². The van der Waals surface area contributed by atoms with Gasteiger partial charge in [0, 0.05) is 0 Å². The minimum absolute atomic E-state index is 0.0825. The van der Waals surface area contributed by atoms with Crippen molar-refractivity contribution < 1.29 is 9.84 Å². The van der Waals surface area contributed by atoms with Gasteiger partial charge >= 0.3 is 0 Å². The van der Waals surface area contributed by atoms with Crippen molar-refractivity contribution in [3.05, 3.63) is 0 Å². The Morgan fingerprint density at radius 3 is 2.50 bits per heavy atom. The van der Waals surface area contributed by atoms with Gasteiger partial charge in [-0.3, -0.25) is 0 Å². The maximum atomic E-state index is 8.69. The summed E-state index contributed by atoms with van der Waals surface area (Å²) in [5, 5.41) is 11.6. The zero-order valence-electron chi connectivity index (χ0n) is 4.53. The molecule has 0 radical (unpaired) electrons. The fraction of sp³-hybridized carbons (Fsp3) is 1.00. The first-order valence-corrected chi connectivity index (χ1v) is 2.46. The van der Waals surface area contributed by atoms with Gasteiger partial charge in [-0.1, -0.05) is 0 Å². The molecule has 0 saturated carbocycles. The average molecular weight is 116 g/mol. The molecule has 0 bridgehead atoms. The van der Waals surface area contributed by atoms with E-state index in [0.29, 0.717) is 0 Å². The van der Waals surface area contributed by atoms with E-state index >= 15 is 0 Å². The third-order valence-corrected chi connectivity index (χ3v) is 1.18. The van der Waals surface area contributed by atoms with Crippen molar-refractivity contribution in [2.75, 3.05) is 0 Å². The second-order valence-electron chi connectivity index (χ2n) is 1.85. The van der Waals surface area contributed by atoms with Gasteiger partial charge in [-0.15, -0.1) is 0 Å². The normalized spacial score (nSPS) is 38.8. The molecule has 0 aromatic heterocycles. The average Bonchev–Trinajstić information content (AvgIpc) is 2.45. The van der Waals surface area contributed by atoms with Crippen molar-refractivity contribution in [2.24, 2.45) is 5.11 Å². The van der Waals surface area contributed by atoms with Crippen LogP contribution < -0.4 is 0 Å². The van der Waals surface area contributed by atoms with Crippen LogP contribution in [0.5, 0.6) is 0 Å². The van der Waals surface area contributed by atoms with Crippen LogP contribution >= 0.6 is 0 Å². The highest BCUT2D eigenvalue weighted by Gasteiger charge is 2.40. The Morgan fingerprint density at radius 2 is 2.38 bits per heavy atom. The Balaban J connectivity index is 2.27. The van der Waals surface area contributed by atoms with E-state index in [4.69, 9.17) is 15.4 Å². The molecular weight excluding hydrogens is 108 g/mol. The lowest BCUT2D eigenvalue weighted by Crippen LogP contribution is -2.11. The molecule has 1 heterocycles. The Hall–Kier alpha value is -0.480. The molecule has 1 fully saturated rings. The van der Waals surface area contributed by atoms with Crippen LogP contribution in [0.25, 0.3) is 0 Å². The molecule has 0 aliphatic carbocycles. The Labute approximate surface area is 47.0 Å². The van der Waals surface area contributed by atoms with Crippen molar-refractivity contribution in [3.8, 4) is 0 Å². The molecule has 2 unspecified atom stereocenters. The lowest BCUT2D eigenvalue weighted by Gasteiger charge is -1.92. The monoisotopic (exact) mass is 116 g/mol. The molecule has 4 nitrogen and oxygen atoms in total. The largest absolute Gasteiger partial charge is 0.368 e. The molecular formula is C4H8N2O2. The third kappa shape index (κ3) is 0.850. The van der Waals surface area contributed by atoms with Crippen molar-refractivity contribution in [2.45, 2.75) is 25.4 Å². The fourth-order valence-corrected chi connectivity index (χ4v) is 0.589. The minimum Gasteiger partial charge on any atom is -0.368 e. The molecule has 0 spiro atoms. The quantitative estimate of drug-likeness (QED) is 0.397. The van der Waals surface area contributed by atoms with E-state index in [-0.39, 0.29) is 12.2 Å². The number of nitrogens with zero attached hydrogens (tertiary/aromatic N) is 1. The highest BCUT2D eigenvalue weighted by Crippen LogP contribution is 2.24. The molecule has 4 heteroatoms. The van der Waals surface area contributed by atoms with Crippen molar-refractivity contribution in [1.82, 2.24) is 0 Å². The fourth-order valence-electron chi connectivity index (χ4n) is 0.589. The van der Waals surface area contributed by atoms with Gasteiger partial charge in [0.15, 0.2) is 6.23 Å². The number of nitrogens with one attached hydrogen (secondary N) is 1. The predicted molar refractivity (Wildman–Crippen MR) is 25.5 cm³/mol. The highest BCUT2D eigenvalue weighted by atomic mass is 16.6. The zero-order valence-corrected chi connectivity index (χ0v) is 4.53. The summed E-state index contributed by atoms with van der Waals surface area (Å²) in [6, 6.07) is 0. The number of epoxide rings is 1. The van der Waals surface area contributed by atoms with Crippen LogP contribution in [-0.4, -0.2) is 23.5 Å². The molecule has 0 aromatic carbocycles.